The van der Waals surface area contributed by atoms with Crippen molar-refractivity contribution in [3.8, 4) is 5.75 Å². The Hall–Kier alpha value is -2.72. The van der Waals surface area contributed by atoms with Gasteiger partial charge in [0, 0.05) is 13.5 Å². The number of hydrogen-bond donors (Lipinski definition) is 1. The van der Waals surface area contributed by atoms with Crippen LogP contribution in [0.2, 0.25) is 5.02 Å². The standard InChI is InChI=1S/C20H17ClF3N3O3S/c1-27-18(29)16(31-19(27)25-12-4-6-13(30-2)7-5-12)10-17(28)26-15-9-11(20(22,23)24)3-8-14(15)21/h3-9,16H,10H2,1-2H3,(H,26,28). The lowest BCUT2D eigenvalue weighted by atomic mass is 10.2. The fourth-order valence-corrected chi connectivity index (χ4v) is 4.05. The van der Waals surface area contributed by atoms with Crippen LogP contribution in [0.15, 0.2) is 47.5 Å². The molecule has 164 valence electrons. The van der Waals surface area contributed by atoms with E-state index in [4.69, 9.17) is 16.3 Å². The highest BCUT2D eigenvalue weighted by atomic mass is 35.5. The minimum atomic E-state index is -4.57. The van der Waals surface area contributed by atoms with Gasteiger partial charge < -0.3 is 10.1 Å². The van der Waals surface area contributed by atoms with E-state index in [0.717, 1.165) is 30.0 Å². The average Bonchev–Trinajstić information content (AvgIpc) is 2.97. The smallest absolute Gasteiger partial charge is 0.416 e. The number of methoxy groups -OCH3 is 1. The minimum absolute atomic E-state index is 0.0365. The summed E-state index contributed by atoms with van der Waals surface area (Å²) < 4.78 is 43.8. The summed E-state index contributed by atoms with van der Waals surface area (Å²) in [5, 5.41) is 1.97. The maximum absolute atomic E-state index is 12.9. The van der Waals surface area contributed by atoms with Gasteiger partial charge in [-0.25, -0.2) is 4.99 Å². The first-order chi connectivity index (χ1) is 14.6. The van der Waals surface area contributed by atoms with Crippen LogP contribution in [0, 0.1) is 0 Å². The van der Waals surface area contributed by atoms with E-state index < -0.39 is 22.9 Å². The third kappa shape index (κ3) is 5.50. The van der Waals surface area contributed by atoms with Crippen molar-refractivity contribution in [1.82, 2.24) is 4.90 Å². The number of hydrogen-bond acceptors (Lipinski definition) is 5. The monoisotopic (exact) mass is 471 g/mol. The molecule has 3 rings (SSSR count). The van der Waals surface area contributed by atoms with Crippen molar-refractivity contribution in [3.63, 3.8) is 0 Å². The highest BCUT2D eigenvalue weighted by Gasteiger charge is 2.37. The van der Waals surface area contributed by atoms with E-state index in [2.05, 4.69) is 10.3 Å². The summed E-state index contributed by atoms with van der Waals surface area (Å²) in [4.78, 5) is 30.6. The van der Waals surface area contributed by atoms with Crippen molar-refractivity contribution in [2.24, 2.45) is 4.99 Å². The summed E-state index contributed by atoms with van der Waals surface area (Å²) in [6, 6.07) is 9.54. The van der Waals surface area contributed by atoms with Gasteiger partial charge in [0.25, 0.3) is 0 Å². The number of thioether (sulfide) groups is 1. The van der Waals surface area contributed by atoms with Crippen LogP contribution in [0.4, 0.5) is 24.5 Å². The normalized spacial score (nSPS) is 17.9. The number of anilines is 1. The summed E-state index contributed by atoms with van der Waals surface area (Å²) in [5.74, 6) is -0.302. The molecule has 11 heteroatoms. The summed E-state index contributed by atoms with van der Waals surface area (Å²) in [5.41, 5.74) is -0.506. The number of nitrogens with zero attached hydrogens (tertiary/aromatic N) is 2. The number of aliphatic imine (C=N–C) groups is 1. The van der Waals surface area contributed by atoms with Gasteiger partial charge >= 0.3 is 6.18 Å². The Kier molecular flexibility index (Phi) is 6.80. The van der Waals surface area contributed by atoms with Gasteiger partial charge in [-0.2, -0.15) is 13.2 Å². The fourth-order valence-electron chi connectivity index (χ4n) is 2.73. The topological polar surface area (TPSA) is 71.0 Å². The van der Waals surface area contributed by atoms with Crippen molar-refractivity contribution < 1.29 is 27.5 Å². The molecule has 0 radical (unpaired) electrons. The number of carbonyl (C=O) groups excluding carboxylic acids is 2. The van der Waals surface area contributed by atoms with E-state index in [9.17, 15) is 22.8 Å². The molecule has 0 spiro atoms. The number of nitrogens with one attached hydrogen (secondary N) is 1. The Morgan fingerprint density at radius 1 is 1.26 bits per heavy atom. The number of benzene rings is 2. The van der Waals surface area contributed by atoms with Crippen LogP contribution in [0.25, 0.3) is 0 Å². The molecule has 1 aliphatic rings. The van der Waals surface area contributed by atoms with Crippen molar-refractivity contribution in [2.45, 2.75) is 17.8 Å². The molecule has 2 amide bonds. The molecule has 31 heavy (non-hydrogen) atoms. The molecule has 0 aromatic heterocycles. The third-order valence-electron chi connectivity index (χ3n) is 4.38. The van der Waals surface area contributed by atoms with Gasteiger partial charge in [0.15, 0.2) is 5.17 Å². The molecular formula is C20H17ClF3N3O3S. The van der Waals surface area contributed by atoms with Crippen molar-refractivity contribution in [1.29, 1.82) is 0 Å². The van der Waals surface area contributed by atoms with Gasteiger partial charge in [0.2, 0.25) is 11.8 Å². The SMILES string of the molecule is COc1ccc(N=C2SC(CC(=O)Nc3cc(C(F)(F)F)ccc3Cl)C(=O)N2C)cc1. The molecule has 0 saturated carbocycles. The second kappa shape index (κ2) is 9.19. The highest BCUT2D eigenvalue weighted by Crippen LogP contribution is 2.35. The first-order valence-corrected chi connectivity index (χ1v) is 10.2. The summed E-state index contributed by atoms with van der Waals surface area (Å²) >= 11 is 7.01. The largest absolute Gasteiger partial charge is 0.497 e. The van der Waals surface area contributed by atoms with E-state index in [0.29, 0.717) is 16.6 Å². The predicted octanol–water partition coefficient (Wildman–Crippen LogP) is 4.96. The molecule has 2 aromatic rings. The van der Waals surface area contributed by atoms with E-state index in [-0.39, 0.29) is 23.0 Å². The van der Waals surface area contributed by atoms with E-state index in [1.165, 1.54) is 4.90 Å². The number of amides is 2. The summed E-state index contributed by atoms with van der Waals surface area (Å²) in [6.07, 6.45) is -4.82. The van der Waals surface area contributed by atoms with Gasteiger partial charge in [-0.3, -0.25) is 14.5 Å². The zero-order valence-electron chi connectivity index (χ0n) is 16.4. The molecule has 1 heterocycles. The van der Waals surface area contributed by atoms with Crippen molar-refractivity contribution in [2.75, 3.05) is 19.5 Å². The van der Waals surface area contributed by atoms with Crippen LogP contribution in [0.3, 0.4) is 0 Å². The van der Waals surface area contributed by atoms with Crippen LogP contribution < -0.4 is 10.1 Å². The van der Waals surface area contributed by atoms with Gasteiger partial charge in [-0.05, 0) is 42.5 Å². The van der Waals surface area contributed by atoms with Crippen LogP contribution in [-0.2, 0) is 15.8 Å². The Labute approximate surface area is 185 Å². The predicted molar refractivity (Wildman–Crippen MR) is 114 cm³/mol. The average molecular weight is 472 g/mol. The highest BCUT2D eigenvalue weighted by molar-refractivity contribution is 8.15. The van der Waals surface area contributed by atoms with E-state index >= 15 is 0 Å². The lowest BCUT2D eigenvalue weighted by Crippen LogP contribution is -2.30. The molecule has 1 saturated heterocycles. The molecule has 1 N–H and O–H groups in total. The molecule has 1 aliphatic heterocycles. The van der Waals surface area contributed by atoms with Crippen molar-refractivity contribution in [3.05, 3.63) is 53.1 Å². The lowest BCUT2D eigenvalue weighted by Gasteiger charge is -2.12. The second-order valence-corrected chi connectivity index (χ2v) is 8.12. The Bertz CT molecular complexity index is 1030. The van der Waals surface area contributed by atoms with Crippen molar-refractivity contribution >= 4 is 51.7 Å². The van der Waals surface area contributed by atoms with Gasteiger partial charge in [0.05, 0.1) is 29.1 Å². The van der Waals surface area contributed by atoms with E-state index in [1.807, 2.05) is 0 Å². The fraction of sp³-hybridized carbons (Fsp3) is 0.250. The maximum atomic E-state index is 12.9. The Morgan fingerprint density at radius 2 is 1.94 bits per heavy atom. The Morgan fingerprint density at radius 3 is 2.55 bits per heavy atom. The minimum Gasteiger partial charge on any atom is -0.497 e. The van der Waals surface area contributed by atoms with Crippen LogP contribution in [0.5, 0.6) is 5.75 Å². The quantitative estimate of drug-likeness (QED) is 0.669. The number of carbonyl (C=O) groups is 2. The van der Waals surface area contributed by atoms with Crippen LogP contribution in [0.1, 0.15) is 12.0 Å². The molecule has 6 nitrogen and oxygen atoms in total. The maximum Gasteiger partial charge on any atom is 0.416 e. The van der Waals surface area contributed by atoms with Gasteiger partial charge in [-0.15, -0.1) is 0 Å². The first-order valence-electron chi connectivity index (χ1n) is 8.92. The zero-order valence-corrected chi connectivity index (χ0v) is 17.9. The number of alkyl halides is 3. The first kappa shape index (κ1) is 23.0. The summed E-state index contributed by atoms with van der Waals surface area (Å²) in [7, 11) is 3.08. The molecule has 0 bridgehead atoms. The van der Waals surface area contributed by atoms with Gasteiger partial charge in [0.1, 0.15) is 11.0 Å². The van der Waals surface area contributed by atoms with Crippen LogP contribution in [-0.4, -0.2) is 41.3 Å². The molecule has 1 fully saturated rings. The lowest BCUT2D eigenvalue weighted by molar-refractivity contribution is -0.137. The molecule has 0 aliphatic carbocycles. The molecular weight excluding hydrogens is 455 g/mol. The number of rotatable bonds is 5. The summed E-state index contributed by atoms with van der Waals surface area (Å²) in [6.45, 7) is 0. The third-order valence-corrected chi connectivity index (χ3v) is 5.93. The van der Waals surface area contributed by atoms with Crippen LogP contribution >= 0.6 is 23.4 Å². The zero-order chi connectivity index (χ0) is 22.8. The number of amidine groups is 1. The second-order valence-electron chi connectivity index (χ2n) is 6.54. The Balaban J connectivity index is 1.69. The molecule has 2 aromatic carbocycles. The number of ether oxygens (including phenoxy) is 1. The number of halogens is 4. The van der Waals surface area contributed by atoms with Gasteiger partial charge in [-0.1, -0.05) is 23.4 Å². The molecule has 1 atom stereocenters. The van der Waals surface area contributed by atoms with E-state index in [1.54, 1.807) is 38.4 Å². The molecule has 1 unspecified atom stereocenters.